The molecular formula is C18H24N2. The van der Waals surface area contributed by atoms with Crippen molar-refractivity contribution in [3.05, 3.63) is 58.7 Å². The molecular weight excluding hydrogens is 244 g/mol. The van der Waals surface area contributed by atoms with Gasteiger partial charge in [-0.15, -0.1) is 0 Å². The second-order valence-electron chi connectivity index (χ2n) is 5.45. The van der Waals surface area contributed by atoms with Gasteiger partial charge in [0, 0.05) is 11.9 Å². The molecule has 2 aromatic rings. The van der Waals surface area contributed by atoms with E-state index in [1.165, 1.54) is 36.0 Å². The van der Waals surface area contributed by atoms with Crippen molar-refractivity contribution in [3.8, 4) is 0 Å². The summed E-state index contributed by atoms with van der Waals surface area (Å²) in [5.41, 5.74) is 5.21. The van der Waals surface area contributed by atoms with Gasteiger partial charge in [0.15, 0.2) is 0 Å². The number of hydrogen-bond acceptors (Lipinski definition) is 2. The minimum atomic E-state index is 0.853. The van der Waals surface area contributed by atoms with E-state index in [0.29, 0.717) is 0 Å². The highest BCUT2D eigenvalue weighted by molar-refractivity contribution is 5.25. The highest BCUT2D eigenvalue weighted by atomic mass is 14.9. The number of aryl methyl sites for hydroxylation is 5. The fourth-order valence-electron chi connectivity index (χ4n) is 2.39. The summed E-state index contributed by atoms with van der Waals surface area (Å²) in [6.07, 6.45) is 7.77. The van der Waals surface area contributed by atoms with Crippen LogP contribution >= 0.6 is 0 Å². The Morgan fingerprint density at radius 1 is 0.900 bits per heavy atom. The van der Waals surface area contributed by atoms with Crippen LogP contribution in [0.2, 0.25) is 0 Å². The standard InChI is InChI=1S/C18H24N2/c1-4-5-6-16-7-9-17(10-8-16)11-12-18-13-19-15(3)20-14(18)2/h7-10,13H,4-6,11-12H2,1-3H3. The monoisotopic (exact) mass is 268 g/mol. The molecule has 20 heavy (non-hydrogen) atoms. The number of hydrogen-bond donors (Lipinski definition) is 0. The lowest BCUT2D eigenvalue weighted by Crippen LogP contribution is -2.00. The Hall–Kier alpha value is -1.70. The van der Waals surface area contributed by atoms with Crippen molar-refractivity contribution in [2.45, 2.75) is 52.9 Å². The molecule has 0 aliphatic carbocycles. The lowest BCUT2D eigenvalue weighted by atomic mass is 10.0. The molecule has 106 valence electrons. The van der Waals surface area contributed by atoms with Crippen molar-refractivity contribution in [3.63, 3.8) is 0 Å². The van der Waals surface area contributed by atoms with Gasteiger partial charge in [-0.05, 0) is 56.2 Å². The lowest BCUT2D eigenvalue weighted by molar-refractivity contribution is 0.794. The average molecular weight is 268 g/mol. The van der Waals surface area contributed by atoms with Crippen molar-refractivity contribution in [2.75, 3.05) is 0 Å². The van der Waals surface area contributed by atoms with Crippen LogP contribution in [0, 0.1) is 13.8 Å². The largest absolute Gasteiger partial charge is 0.241 e. The predicted molar refractivity (Wildman–Crippen MR) is 84.0 cm³/mol. The van der Waals surface area contributed by atoms with Crippen LogP contribution in [0.1, 0.15) is 48.0 Å². The third kappa shape index (κ3) is 4.16. The molecule has 1 heterocycles. The van der Waals surface area contributed by atoms with Crippen LogP contribution in [-0.2, 0) is 19.3 Å². The minimum Gasteiger partial charge on any atom is -0.241 e. The Kier molecular flexibility index (Phi) is 5.28. The SMILES string of the molecule is CCCCc1ccc(CCc2cnc(C)nc2C)cc1. The third-order valence-electron chi connectivity index (χ3n) is 3.73. The second kappa shape index (κ2) is 7.18. The number of benzene rings is 1. The van der Waals surface area contributed by atoms with Crippen molar-refractivity contribution < 1.29 is 0 Å². The molecule has 2 rings (SSSR count). The number of aromatic nitrogens is 2. The first-order chi connectivity index (χ1) is 9.69. The van der Waals surface area contributed by atoms with Crippen LogP contribution in [0.15, 0.2) is 30.5 Å². The Morgan fingerprint density at radius 2 is 1.55 bits per heavy atom. The Balaban J connectivity index is 1.93. The normalized spacial score (nSPS) is 10.8. The van der Waals surface area contributed by atoms with E-state index in [9.17, 15) is 0 Å². The summed E-state index contributed by atoms with van der Waals surface area (Å²) in [6.45, 7) is 6.24. The molecule has 0 radical (unpaired) electrons. The summed E-state index contributed by atoms with van der Waals surface area (Å²) in [5, 5.41) is 0. The number of rotatable bonds is 6. The van der Waals surface area contributed by atoms with E-state index in [4.69, 9.17) is 0 Å². The molecule has 1 aromatic carbocycles. The molecule has 0 aliphatic rings. The van der Waals surface area contributed by atoms with E-state index in [0.717, 1.165) is 24.4 Å². The summed E-state index contributed by atoms with van der Waals surface area (Å²) in [5.74, 6) is 0.853. The molecule has 0 unspecified atom stereocenters. The van der Waals surface area contributed by atoms with Crippen molar-refractivity contribution in [1.82, 2.24) is 9.97 Å². The van der Waals surface area contributed by atoms with Gasteiger partial charge in [0.25, 0.3) is 0 Å². The molecule has 2 nitrogen and oxygen atoms in total. The van der Waals surface area contributed by atoms with E-state index in [2.05, 4.69) is 48.1 Å². The van der Waals surface area contributed by atoms with Crippen LogP contribution in [-0.4, -0.2) is 9.97 Å². The zero-order chi connectivity index (χ0) is 14.4. The number of nitrogens with zero attached hydrogens (tertiary/aromatic N) is 2. The third-order valence-corrected chi connectivity index (χ3v) is 3.73. The predicted octanol–water partition coefficient (Wildman–Crippen LogP) is 4.22. The van der Waals surface area contributed by atoms with E-state index in [1.54, 1.807) is 0 Å². The first kappa shape index (κ1) is 14.7. The molecule has 0 fully saturated rings. The lowest BCUT2D eigenvalue weighted by Gasteiger charge is -2.06. The fraction of sp³-hybridized carbons (Fsp3) is 0.444. The highest BCUT2D eigenvalue weighted by Crippen LogP contribution is 2.12. The Morgan fingerprint density at radius 3 is 2.15 bits per heavy atom. The van der Waals surface area contributed by atoms with Gasteiger partial charge in [0.1, 0.15) is 5.82 Å². The van der Waals surface area contributed by atoms with E-state index in [1.807, 2.05) is 13.1 Å². The van der Waals surface area contributed by atoms with Gasteiger partial charge in [-0.2, -0.15) is 0 Å². The van der Waals surface area contributed by atoms with E-state index < -0.39 is 0 Å². The minimum absolute atomic E-state index is 0.853. The Bertz CT molecular complexity index is 544. The topological polar surface area (TPSA) is 25.8 Å². The summed E-state index contributed by atoms with van der Waals surface area (Å²) >= 11 is 0. The maximum atomic E-state index is 4.42. The van der Waals surface area contributed by atoms with Gasteiger partial charge in [-0.25, -0.2) is 9.97 Å². The van der Waals surface area contributed by atoms with Crippen molar-refractivity contribution in [1.29, 1.82) is 0 Å². The molecule has 0 bridgehead atoms. The molecule has 0 spiro atoms. The van der Waals surface area contributed by atoms with Gasteiger partial charge in [0.05, 0.1) is 0 Å². The molecule has 0 atom stereocenters. The quantitative estimate of drug-likeness (QED) is 0.784. The zero-order valence-electron chi connectivity index (χ0n) is 12.8. The smallest absolute Gasteiger partial charge is 0.125 e. The summed E-state index contributed by atoms with van der Waals surface area (Å²) in [6, 6.07) is 9.05. The van der Waals surface area contributed by atoms with Crippen molar-refractivity contribution in [2.24, 2.45) is 0 Å². The maximum absolute atomic E-state index is 4.42. The van der Waals surface area contributed by atoms with Crippen LogP contribution in [0.4, 0.5) is 0 Å². The first-order valence-electron chi connectivity index (χ1n) is 7.56. The molecule has 0 saturated carbocycles. The van der Waals surface area contributed by atoms with E-state index in [-0.39, 0.29) is 0 Å². The van der Waals surface area contributed by atoms with Gasteiger partial charge in [0.2, 0.25) is 0 Å². The molecule has 0 saturated heterocycles. The first-order valence-corrected chi connectivity index (χ1v) is 7.56. The zero-order valence-corrected chi connectivity index (χ0v) is 12.8. The molecule has 0 aliphatic heterocycles. The molecule has 1 aromatic heterocycles. The molecule has 0 N–H and O–H groups in total. The van der Waals surface area contributed by atoms with Gasteiger partial charge in [-0.1, -0.05) is 37.6 Å². The summed E-state index contributed by atoms with van der Waals surface area (Å²) in [7, 11) is 0. The van der Waals surface area contributed by atoms with E-state index >= 15 is 0 Å². The second-order valence-corrected chi connectivity index (χ2v) is 5.45. The average Bonchev–Trinajstić information content (AvgIpc) is 2.45. The van der Waals surface area contributed by atoms with Crippen LogP contribution in [0.3, 0.4) is 0 Å². The van der Waals surface area contributed by atoms with Gasteiger partial charge >= 0.3 is 0 Å². The molecule has 2 heteroatoms. The molecule has 0 amide bonds. The highest BCUT2D eigenvalue weighted by Gasteiger charge is 2.02. The summed E-state index contributed by atoms with van der Waals surface area (Å²) in [4.78, 5) is 8.71. The van der Waals surface area contributed by atoms with Crippen molar-refractivity contribution >= 4 is 0 Å². The number of unbranched alkanes of at least 4 members (excludes halogenated alkanes) is 1. The fourth-order valence-corrected chi connectivity index (χ4v) is 2.39. The van der Waals surface area contributed by atoms with Crippen LogP contribution < -0.4 is 0 Å². The Labute approximate surface area is 122 Å². The van der Waals surface area contributed by atoms with Crippen LogP contribution in [0.5, 0.6) is 0 Å². The van der Waals surface area contributed by atoms with Gasteiger partial charge < -0.3 is 0 Å². The van der Waals surface area contributed by atoms with Gasteiger partial charge in [-0.3, -0.25) is 0 Å². The van der Waals surface area contributed by atoms with Crippen LogP contribution in [0.25, 0.3) is 0 Å². The maximum Gasteiger partial charge on any atom is 0.125 e. The summed E-state index contributed by atoms with van der Waals surface area (Å²) < 4.78 is 0.